The Hall–Kier alpha value is -2.53. The molecule has 1 aromatic carbocycles. The highest BCUT2D eigenvalue weighted by Crippen LogP contribution is 2.28. The molecule has 0 aliphatic rings. The molecule has 9 nitrogen and oxygen atoms in total. The van der Waals surface area contributed by atoms with Crippen LogP contribution in [0.4, 0.5) is 11.6 Å². The van der Waals surface area contributed by atoms with Gasteiger partial charge in [-0.05, 0) is 53.5 Å². The molecule has 0 radical (unpaired) electrons. The van der Waals surface area contributed by atoms with Crippen molar-refractivity contribution in [3.63, 3.8) is 0 Å². The number of hydrogen-bond acceptors (Lipinski definition) is 6. The van der Waals surface area contributed by atoms with Crippen molar-refractivity contribution in [1.29, 1.82) is 0 Å². The summed E-state index contributed by atoms with van der Waals surface area (Å²) in [4.78, 5) is 14.4. The van der Waals surface area contributed by atoms with Crippen molar-refractivity contribution in [3.8, 4) is 0 Å². The summed E-state index contributed by atoms with van der Waals surface area (Å²) in [5.41, 5.74) is 0.696. The number of nitro groups is 1. The van der Waals surface area contributed by atoms with Gasteiger partial charge < -0.3 is 0 Å². The first-order valence-corrected chi connectivity index (χ1v) is 9.26. The molecule has 3 rings (SSSR count). The second kappa shape index (κ2) is 6.08. The predicted octanol–water partition coefficient (Wildman–Crippen LogP) is 2.82. The van der Waals surface area contributed by atoms with Crippen molar-refractivity contribution in [2.75, 3.05) is 4.72 Å². The summed E-state index contributed by atoms with van der Waals surface area (Å²) < 4.78 is 29.6. The van der Waals surface area contributed by atoms with Crippen molar-refractivity contribution in [1.82, 2.24) is 14.6 Å². The van der Waals surface area contributed by atoms with E-state index in [0.717, 1.165) is 0 Å². The lowest BCUT2D eigenvalue weighted by molar-refractivity contribution is -0.385. The lowest BCUT2D eigenvalue weighted by Crippen LogP contribution is -2.16. The number of nitrogens with zero attached hydrogens (tertiary/aromatic N) is 4. The van der Waals surface area contributed by atoms with Crippen molar-refractivity contribution >= 4 is 43.2 Å². The van der Waals surface area contributed by atoms with Gasteiger partial charge in [-0.25, -0.2) is 17.7 Å². The van der Waals surface area contributed by atoms with Crippen molar-refractivity contribution in [2.24, 2.45) is 0 Å². The van der Waals surface area contributed by atoms with E-state index in [2.05, 4.69) is 30.7 Å². The highest BCUT2D eigenvalue weighted by molar-refractivity contribution is 9.10. The quantitative estimate of drug-likeness (QED) is 0.389. The van der Waals surface area contributed by atoms with Crippen LogP contribution in [0.3, 0.4) is 0 Å². The first-order valence-electron chi connectivity index (χ1n) is 6.99. The zero-order chi connectivity index (χ0) is 18.4. The first-order chi connectivity index (χ1) is 11.7. The highest BCUT2D eigenvalue weighted by Gasteiger charge is 2.25. The number of nitrogens with one attached hydrogen (secondary N) is 1. The van der Waals surface area contributed by atoms with Gasteiger partial charge in [-0.1, -0.05) is 6.07 Å². The third kappa shape index (κ3) is 3.20. The number of fused-ring (bicyclic) bond motifs is 1. The topological polar surface area (TPSA) is 120 Å². The molecule has 130 valence electrons. The Morgan fingerprint density at radius 2 is 2.00 bits per heavy atom. The van der Waals surface area contributed by atoms with Crippen LogP contribution in [0.5, 0.6) is 0 Å². The molecule has 0 bridgehead atoms. The number of anilines is 1. The third-order valence-electron chi connectivity index (χ3n) is 3.50. The molecule has 0 aliphatic heterocycles. The summed E-state index contributed by atoms with van der Waals surface area (Å²) in [6.07, 6.45) is 0. The van der Waals surface area contributed by atoms with E-state index < -0.39 is 14.9 Å². The molecule has 0 aliphatic carbocycles. The van der Waals surface area contributed by atoms with Crippen LogP contribution in [0, 0.1) is 24.0 Å². The molecule has 0 amide bonds. The number of pyridine rings is 1. The lowest BCUT2D eigenvalue weighted by Gasteiger charge is -2.09. The van der Waals surface area contributed by atoms with Crippen LogP contribution in [0.1, 0.15) is 11.1 Å². The van der Waals surface area contributed by atoms with E-state index in [1.54, 1.807) is 25.1 Å². The van der Waals surface area contributed by atoms with Crippen molar-refractivity contribution in [2.45, 2.75) is 18.7 Å². The van der Waals surface area contributed by atoms with Crippen LogP contribution in [0.15, 0.2) is 39.8 Å². The number of aryl methyl sites for hydroxylation is 1. The van der Waals surface area contributed by atoms with E-state index in [9.17, 15) is 18.5 Å². The SMILES string of the molecule is Cc1cc([N+](=O)[O-])c(C)c(S(=O)(=O)Nc2nc3cccc(Br)n3n2)c1. The third-order valence-corrected chi connectivity index (χ3v) is 5.56. The molecule has 0 saturated heterocycles. The molecule has 0 saturated carbocycles. The van der Waals surface area contributed by atoms with Gasteiger partial charge in [0.05, 0.1) is 9.82 Å². The predicted molar refractivity (Wildman–Crippen MR) is 94.1 cm³/mol. The van der Waals surface area contributed by atoms with E-state index in [1.165, 1.54) is 23.6 Å². The van der Waals surface area contributed by atoms with Gasteiger partial charge in [-0.3, -0.25) is 10.1 Å². The van der Waals surface area contributed by atoms with Crippen molar-refractivity contribution < 1.29 is 13.3 Å². The second-order valence-electron chi connectivity index (χ2n) is 5.32. The zero-order valence-corrected chi connectivity index (χ0v) is 15.5. The van der Waals surface area contributed by atoms with Gasteiger partial charge in [0.15, 0.2) is 5.65 Å². The van der Waals surface area contributed by atoms with Crippen LogP contribution in [-0.4, -0.2) is 27.9 Å². The molecule has 2 aromatic heterocycles. The van der Waals surface area contributed by atoms with Gasteiger partial charge in [0, 0.05) is 11.6 Å². The summed E-state index contributed by atoms with van der Waals surface area (Å²) >= 11 is 3.29. The molecule has 25 heavy (non-hydrogen) atoms. The minimum Gasteiger partial charge on any atom is -0.258 e. The van der Waals surface area contributed by atoms with E-state index >= 15 is 0 Å². The van der Waals surface area contributed by atoms with Crippen LogP contribution in [-0.2, 0) is 10.0 Å². The Morgan fingerprint density at radius 3 is 2.64 bits per heavy atom. The smallest absolute Gasteiger partial charge is 0.258 e. The molecule has 1 N–H and O–H groups in total. The molecule has 11 heteroatoms. The van der Waals surface area contributed by atoms with Crippen LogP contribution in [0.25, 0.3) is 5.65 Å². The maximum Gasteiger partial charge on any atom is 0.273 e. The Kier molecular flexibility index (Phi) is 4.21. The molecule has 3 aromatic rings. The minimum atomic E-state index is -4.09. The van der Waals surface area contributed by atoms with Crippen LogP contribution in [0.2, 0.25) is 0 Å². The Balaban J connectivity index is 2.07. The maximum absolute atomic E-state index is 12.7. The Morgan fingerprint density at radius 1 is 1.28 bits per heavy atom. The number of halogens is 1. The number of aromatic nitrogens is 3. The molecule has 0 unspecified atom stereocenters. The lowest BCUT2D eigenvalue weighted by atomic mass is 10.1. The number of nitro benzene ring substituents is 1. The van der Waals surface area contributed by atoms with Gasteiger partial charge in [0.1, 0.15) is 4.60 Å². The van der Waals surface area contributed by atoms with E-state index in [-0.39, 0.29) is 22.1 Å². The van der Waals surface area contributed by atoms with Gasteiger partial charge in [-0.2, -0.15) is 4.98 Å². The normalized spacial score (nSPS) is 11.6. The number of benzene rings is 1. The average Bonchev–Trinajstić information content (AvgIpc) is 2.92. The largest absolute Gasteiger partial charge is 0.273 e. The summed E-state index contributed by atoms with van der Waals surface area (Å²) in [5, 5.41) is 15.2. The van der Waals surface area contributed by atoms with Crippen molar-refractivity contribution in [3.05, 3.63) is 56.2 Å². The monoisotopic (exact) mass is 425 g/mol. The van der Waals surface area contributed by atoms with Crippen LogP contribution >= 0.6 is 15.9 Å². The minimum absolute atomic E-state index is 0.0491. The standard InChI is InChI=1S/C14H12BrN5O4S/c1-8-6-10(20(21)22)9(2)11(7-8)25(23,24)18-14-16-13-5-3-4-12(15)19(13)17-14/h3-7H,1-2H3,(H,17,18). The fourth-order valence-corrected chi connectivity index (χ4v) is 4.07. The van der Waals surface area contributed by atoms with E-state index in [4.69, 9.17) is 0 Å². The summed E-state index contributed by atoms with van der Waals surface area (Å²) in [6, 6.07) is 7.83. The second-order valence-corrected chi connectivity index (χ2v) is 7.79. The molecule has 2 heterocycles. The fraction of sp³-hybridized carbons (Fsp3) is 0.143. The van der Waals surface area contributed by atoms with Crippen LogP contribution < -0.4 is 4.72 Å². The summed E-state index contributed by atoms with van der Waals surface area (Å²) in [7, 11) is -4.09. The van der Waals surface area contributed by atoms with Gasteiger partial charge in [-0.15, -0.1) is 5.10 Å². The summed E-state index contributed by atoms with van der Waals surface area (Å²) in [6.45, 7) is 2.98. The maximum atomic E-state index is 12.7. The van der Waals surface area contributed by atoms with E-state index in [1.807, 2.05) is 0 Å². The fourth-order valence-electron chi connectivity index (χ4n) is 2.37. The van der Waals surface area contributed by atoms with Gasteiger partial charge in [0.2, 0.25) is 0 Å². The first kappa shape index (κ1) is 17.3. The highest BCUT2D eigenvalue weighted by atomic mass is 79.9. The number of rotatable bonds is 4. The molecule has 0 spiro atoms. The number of hydrogen-bond donors (Lipinski definition) is 1. The molecular weight excluding hydrogens is 414 g/mol. The molecule has 0 atom stereocenters. The molecule has 0 fully saturated rings. The van der Waals surface area contributed by atoms with Gasteiger partial charge in [0.25, 0.3) is 21.7 Å². The Labute approximate surface area is 151 Å². The summed E-state index contributed by atoms with van der Waals surface area (Å²) in [5.74, 6) is -0.129. The average molecular weight is 426 g/mol. The van der Waals surface area contributed by atoms with E-state index in [0.29, 0.717) is 15.8 Å². The Bertz CT molecular complexity index is 1110. The zero-order valence-electron chi connectivity index (χ0n) is 13.1. The number of sulfonamides is 1. The molecular formula is C14H12BrN5O4S. The van der Waals surface area contributed by atoms with Gasteiger partial charge >= 0.3 is 0 Å².